The largest absolute Gasteiger partial charge is 0.444 e. The fourth-order valence-electron chi connectivity index (χ4n) is 2.11. The molecular formula is C12H22N2O4. The lowest BCUT2D eigenvalue weighted by Crippen LogP contribution is -2.45. The first-order chi connectivity index (χ1) is 8.28. The Labute approximate surface area is 107 Å². The van der Waals surface area contributed by atoms with Crippen LogP contribution in [0.5, 0.6) is 0 Å². The SMILES string of the molecule is CC[C@@H]1C(NC(=O)OC(C)(C)C)C(=O)N[C@@H]1CO. The predicted octanol–water partition coefficient (Wildman–Crippen LogP) is 0.397. The average Bonchev–Trinajstić information content (AvgIpc) is 2.52. The van der Waals surface area contributed by atoms with Crippen molar-refractivity contribution >= 4 is 12.0 Å². The Hall–Kier alpha value is -1.30. The van der Waals surface area contributed by atoms with Crippen molar-refractivity contribution in [1.29, 1.82) is 0 Å². The molecule has 0 aromatic rings. The quantitative estimate of drug-likeness (QED) is 0.683. The van der Waals surface area contributed by atoms with Crippen molar-refractivity contribution < 1.29 is 19.4 Å². The molecule has 0 bridgehead atoms. The summed E-state index contributed by atoms with van der Waals surface area (Å²) in [5, 5.41) is 14.4. The molecule has 2 amide bonds. The topological polar surface area (TPSA) is 87.7 Å². The van der Waals surface area contributed by atoms with Crippen molar-refractivity contribution in [2.45, 2.75) is 51.8 Å². The molecule has 1 heterocycles. The zero-order valence-electron chi connectivity index (χ0n) is 11.3. The van der Waals surface area contributed by atoms with E-state index in [2.05, 4.69) is 10.6 Å². The van der Waals surface area contributed by atoms with E-state index in [-0.39, 0.29) is 24.5 Å². The van der Waals surface area contributed by atoms with Crippen LogP contribution in [-0.4, -0.2) is 41.4 Å². The van der Waals surface area contributed by atoms with E-state index in [1.165, 1.54) is 0 Å². The van der Waals surface area contributed by atoms with Gasteiger partial charge in [0, 0.05) is 5.92 Å². The van der Waals surface area contributed by atoms with Crippen LogP contribution in [0.15, 0.2) is 0 Å². The standard InChI is InChI=1S/C12H22N2O4/c1-5-7-8(6-15)13-10(16)9(7)14-11(17)18-12(2,3)4/h7-9,15H,5-6H2,1-4H3,(H,13,16)(H,14,17)/t7-,8+,9?/m0/s1. The van der Waals surface area contributed by atoms with Crippen molar-refractivity contribution in [3.8, 4) is 0 Å². The van der Waals surface area contributed by atoms with E-state index in [1.54, 1.807) is 20.8 Å². The van der Waals surface area contributed by atoms with Crippen molar-refractivity contribution in [3.05, 3.63) is 0 Å². The number of aliphatic hydroxyl groups is 1. The Morgan fingerprint density at radius 3 is 2.56 bits per heavy atom. The number of alkyl carbamates (subject to hydrolysis) is 1. The van der Waals surface area contributed by atoms with Gasteiger partial charge in [-0.05, 0) is 27.2 Å². The van der Waals surface area contributed by atoms with Crippen LogP contribution in [0.4, 0.5) is 4.79 Å². The van der Waals surface area contributed by atoms with Gasteiger partial charge in [-0.2, -0.15) is 0 Å². The molecule has 1 unspecified atom stereocenters. The van der Waals surface area contributed by atoms with Gasteiger partial charge in [0.1, 0.15) is 11.6 Å². The molecule has 1 saturated heterocycles. The van der Waals surface area contributed by atoms with E-state index in [4.69, 9.17) is 9.84 Å². The summed E-state index contributed by atoms with van der Waals surface area (Å²) >= 11 is 0. The maximum atomic E-state index is 11.7. The van der Waals surface area contributed by atoms with Crippen LogP contribution in [-0.2, 0) is 9.53 Å². The second kappa shape index (κ2) is 5.56. The van der Waals surface area contributed by atoms with Crippen LogP contribution in [0.1, 0.15) is 34.1 Å². The first-order valence-electron chi connectivity index (χ1n) is 6.19. The summed E-state index contributed by atoms with van der Waals surface area (Å²) in [6.07, 6.45) is 0.0736. The Kier molecular flexibility index (Phi) is 4.56. The first kappa shape index (κ1) is 14.8. The third-order valence-electron chi connectivity index (χ3n) is 2.90. The lowest BCUT2D eigenvalue weighted by molar-refractivity contribution is -0.121. The molecule has 104 valence electrons. The number of amides is 2. The molecule has 1 rings (SSSR count). The van der Waals surface area contributed by atoms with E-state index in [9.17, 15) is 9.59 Å². The number of hydrogen-bond donors (Lipinski definition) is 3. The van der Waals surface area contributed by atoms with Crippen LogP contribution in [0, 0.1) is 5.92 Å². The van der Waals surface area contributed by atoms with Gasteiger partial charge in [0.05, 0.1) is 12.6 Å². The molecule has 3 N–H and O–H groups in total. The maximum absolute atomic E-state index is 11.7. The molecular weight excluding hydrogens is 236 g/mol. The number of rotatable bonds is 3. The van der Waals surface area contributed by atoms with E-state index < -0.39 is 17.7 Å². The highest BCUT2D eigenvalue weighted by molar-refractivity contribution is 5.88. The third kappa shape index (κ3) is 3.60. The maximum Gasteiger partial charge on any atom is 0.408 e. The van der Waals surface area contributed by atoms with Crippen molar-refractivity contribution in [2.75, 3.05) is 6.61 Å². The number of carbonyl (C=O) groups excluding carboxylic acids is 2. The molecule has 0 aliphatic carbocycles. The summed E-state index contributed by atoms with van der Waals surface area (Å²) in [5.74, 6) is -0.387. The van der Waals surface area contributed by atoms with Crippen molar-refractivity contribution in [1.82, 2.24) is 10.6 Å². The van der Waals surface area contributed by atoms with Gasteiger partial charge in [-0.25, -0.2) is 4.79 Å². The second-order valence-electron chi connectivity index (χ2n) is 5.49. The zero-order chi connectivity index (χ0) is 13.9. The van der Waals surface area contributed by atoms with Gasteiger partial charge in [-0.3, -0.25) is 4.79 Å². The minimum Gasteiger partial charge on any atom is -0.444 e. The van der Waals surface area contributed by atoms with Crippen molar-refractivity contribution in [3.63, 3.8) is 0 Å². The summed E-state index contributed by atoms with van der Waals surface area (Å²) in [7, 11) is 0. The summed E-state index contributed by atoms with van der Waals surface area (Å²) < 4.78 is 5.12. The molecule has 6 nitrogen and oxygen atoms in total. The molecule has 6 heteroatoms. The van der Waals surface area contributed by atoms with Gasteiger partial charge < -0.3 is 20.5 Å². The Balaban J connectivity index is 2.65. The predicted molar refractivity (Wildman–Crippen MR) is 66.0 cm³/mol. The van der Waals surface area contributed by atoms with Gasteiger partial charge in [0.15, 0.2) is 0 Å². The minimum absolute atomic E-state index is 0.116. The highest BCUT2D eigenvalue weighted by atomic mass is 16.6. The molecule has 1 aliphatic heterocycles. The lowest BCUT2D eigenvalue weighted by atomic mass is 9.94. The highest BCUT2D eigenvalue weighted by Crippen LogP contribution is 2.21. The Bertz CT molecular complexity index is 325. The van der Waals surface area contributed by atoms with Crippen LogP contribution in [0.2, 0.25) is 0 Å². The summed E-state index contributed by atoms with van der Waals surface area (Å²) in [5.41, 5.74) is -0.600. The van der Waals surface area contributed by atoms with Crippen LogP contribution < -0.4 is 10.6 Å². The molecule has 1 fully saturated rings. The number of hydrogen-bond acceptors (Lipinski definition) is 4. The zero-order valence-corrected chi connectivity index (χ0v) is 11.3. The highest BCUT2D eigenvalue weighted by Gasteiger charge is 2.42. The van der Waals surface area contributed by atoms with Gasteiger partial charge in [-0.15, -0.1) is 0 Å². The number of ether oxygens (including phenoxy) is 1. The van der Waals surface area contributed by atoms with Gasteiger partial charge in [0.2, 0.25) is 5.91 Å². The summed E-state index contributed by atoms with van der Waals surface area (Å²) in [6, 6.07) is -0.940. The monoisotopic (exact) mass is 258 g/mol. The molecule has 18 heavy (non-hydrogen) atoms. The van der Waals surface area contributed by atoms with Gasteiger partial charge >= 0.3 is 6.09 Å². The van der Waals surface area contributed by atoms with Gasteiger partial charge in [0.25, 0.3) is 0 Å². The molecule has 0 radical (unpaired) electrons. The first-order valence-corrected chi connectivity index (χ1v) is 6.19. The summed E-state index contributed by atoms with van der Waals surface area (Å²) in [4.78, 5) is 23.4. The number of aliphatic hydroxyl groups excluding tert-OH is 1. The van der Waals surface area contributed by atoms with E-state index in [1.807, 2.05) is 6.92 Å². The van der Waals surface area contributed by atoms with Crippen LogP contribution in [0.3, 0.4) is 0 Å². The smallest absolute Gasteiger partial charge is 0.408 e. The molecule has 1 aliphatic rings. The minimum atomic E-state index is -0.637. The summed E-state index contributed by atoms with van der Waals surface area (Å²) in [6.45, 7) is 7.06. The Morgan fingerprint density at radius 2 is 2.11 bits per heavy atom. The average molecular weight is 258 g/mol. The van der Waals surface area contributed by atoms with E-state index in [0.717, 1.165) is 0 Å². The normalized spacial score (nSPS) is 27.8. The van der Waals surface area contributed by atoms with Crippen LogP contribution >= 0.6 is 0 Å². The fraction of sp³-hybridized carbons (Fsp3) is 0.833. The molecule has 0 spiro atoms. The third-order valence-corrected chi connectivity index (χ3v) is 2.90. The molecule has 0 aromatic carbocycles. The molecule has 0 aromatic heterocycles. The van der Waals surface area contributed by atoms with E-state index >= 15 is 0 Å². The number of nitrogens with one attached hydrogen (secondary N) is 2. The number of carbonyl (C=O) groups is 2. The van der Waals surface area contributed by atoms with Crippen molar-refractivity contribution in [2.24, 2.45) is 5.92 Å². The van der Waals surface area contributed by atoms with Gasteiger partial charge in [-0.1, -0.05) is 6.92 Å². The van der Waals surface area contributed by atoms with Crippen LogP contribution in [0.25, 0.3) is 0 Å². The molecule has 0 saturated carbocycles. The lowest BCUT2D eigenvalue weighted by Gasteiger charge is -2.24. The Morgan fingerprint density at radius 1 is 1.50 bits per heavy atom. The fourth-order valence-corrected chi connectivity index (χ4v) is 2.11. The second-order valence-corrected chi connectivity index (χ2v) is 5.49. The van der Waals surface area contributed by atoms with E-state index in [0.29, 0.717) is 6.42 Å². The molecule has 3 atom stereocenters.